The zero-order valence-electron chi connectivity index (χ0n) is 7.42. The molecule has 12 heavy (non-hydrogen) atoms. The largest absolute Gasteiger partial charge is 0.468 e. The van der Waals surface area contributed by atoms with E-state index in [0.29, 0.717) is 6.61 Å². The first-order chi connectivity index (χ1) is 5.63. The van der Waals surface area contributed by atoms with Crippen LogP contribution in [0.4, 0.5) is 0 Å². The van der Waals surface area contributed by atoms with Crippen LogP contribution >= 0.6 is 0 Å². The number of ether oxygens (including phenoxy) is 1. The fraction of sp³-hybridized carbons (Fsp3) is 0.714. The van der Waals surface area contributed by atoms with E-state index in [2.05, 4.69) is 15.1 Å². The van der Waals surface area contributed by atoms with Crippen molar-refractivity contribution in [2.75, 3.05) is 13.7 Å². The zero-order chi connectivity index (χ0) is 9.56. The first-order valence-corrected chi connectivity index (χ1v) is 3.63. The van der Waals surface area contributed by atoms with Crippen LogP contribution < -0.4 is 5.48 Å². The molecule has 1 N–H and O–H groups in total. The van der Waals surface area contributed by atoms with E-state index in [-0.39, 0.29) is 0 Å². The second-order valence-corrected chi connectivity index (χ2v) is 2.14. The Balaban J connectivity index is 3.84. The van der Waals surface area contributed by atoms with Crippen molar-refractivity contribution in [1.29, 1.82) is 0 Å². The van der Waals surface area contributed by atoms with Crippen LogP contribution in [0.15, 0.2) is 0 Å². The molecule has 0 aliphatic rings. The predicted octanol–water partition coefficient (Wildman–Crippen LogP) is -0.137. The van der Waals surface area contributed by atoms with E-state index in [9.17, 15) is 9.59 Å². The number of esters is 1. The van der Waals surface area contributed by atoms with Crippen LogP contribution in [0.3, 0.4) is 0 Å². The van der Waals surface area contributed by atoms with Crippen molar-refractivity contribution in [2.24, 2.45) is 5.92 Å². The summed E-state index contributed by atoms with van der Waals surface area (Å²) in [5.41, 5.74) is 2.11. The lowest BCUT2D eigenvalue weighted by Crippen LogP contribution is -2.34. The average Bonchev–Trinajstić information content (AvgIpc) is 2.11. The van der Waals surface area contributed by atoms with Gasteiger partial charge in [-0.05, 0) is 13.8 Å². The summed E-state index contributed by atoms with van der Waals surface area (Å²) < 4.78 is 4.36. The molecular weight excluding hydrogens is 162 g/mol. The Bertz CT molecular complexity index is 169. The first-order valence-electron chi connectivity index (χ1n) is 3.63. The Morgan fingerprint density at radius 1 is 1.50 bits per heavy atom. The fourth-order valence-electron chi connectivity index (χ4n) is 0.516. The third kappa shape index (κ3) is 3.34. The number of rotatable bonds is 4. The number of hydroxylamine groups is 1. The SMILES string of the molecule is CCONC(=O)C(C)C(=O)OC. The number of methoxy groups -OCH3 is 1. The lowest BCUT2D eigenvalue weighted by Gasteiger charge is -2.08. The Kier molecular flexibility index (Phi) is 5.03. The van der Waals surface area contributed by atoms with Gasteiger partial charge in [-0.2, -0.15) is 0 Å². The van der Waals surface area contributed by atoms with Gasteiger partial charge in [0.15, 0.2) is 0 Å². The summed E-state index contributed by atoms with van der Waals surface area (Å²) in [7, 11) is 1.23. The molecule has 0 aromatic heterocycles. The van der Waals surface area contributed by atoms with Crippen molar-refractivity contribution >= 4 is 11.9 Å². The molecule has 1 atom stereocenters. The minimum atomic E-state index is -0.832. The van der Waals surface area contributed by atoms with Crippen LogP contribution in [-0.4, -0.2) is 25.6 Å². The molecule has 0 aromatic rings. The van der Waals surface area contributed by atoms with Crippen LogP contribution in [0.2, 0.25) is 0 Å². The lowest BCUT2D eigenvalue weighted by molar-refractivity contribution is -0.153. The quantitative estimate of drug-likeness (QED) is 0.367. The normalized spacial score (nSPS) is 11.9. The highest BCUT2D eigenvalue weighted by Crippen LogP contribution is 1.96. The van der Waals surface area contributed by atoms with Gasteiger partial charge in [0.2, 0.25) is 0 Å². The topological polar surface area (TPSA) is 64.6 Å². The number of carbonyl (C=O) groups is 2. The zero-order valence-corrected chi connectivity index (χ0v) is 7.42. The molecule has 0 saturated carbocycles. The Morgan fingerprint density at radius 2 is 2.08 bits per heavy atom. The van der Waals surface area contributed by atoms with Gasteiger partial charge in [0.05, 0.1) is 13.7 Å². The van der Waals surface area contributed by atoms with Gasteiger partial charge in [0.1, 0.15) is 5.92 Å². The number of carbonyl (C=O) groups excluding carboxylic acids is 2. The maximum absolute atomic E-state index is 11.0. The van der Waals surface area contributed by atoms with Gasteiger partial charge in [-0.15, -0.1) is 0 Å². The second-order valence-electron chi connectivity index (χ2n) is 2.14. The average molecular weight is 175 g/mol. The molecule has 0 fully saturated rings. The third-order valence-electron chi connectivity index (χ3n) is 1.27. The van der Waals surface area contributed by atoms with E-state index in [1.54, 1.807) is 6.92 Å². The predicted molar refractivity (Wildman–Crippen MR) is 40.9 cm³/mol. The number of nitrogens with one attached hydrogen (secondary N) is 1. The molecule has 0 aliphatic carbocycles. The third-order valence-corrected chi connectivity index (χ3v) is 1.27. The Labute approximate surface area is 71.0 Å². The van der Waals surface area contributed by atoms with E-state index in [1.807, 2.05) is 0 Å². The van der Waals surface area contributed by atoms with E-state index in [4.69, 9.17) is 0 Å². The number of amides is 1. The minimum Gasteiger partial charge on any atom is -0.468 e. The van der Waals surface area contributed by atoms with Crippen molar-refractivity contribution in [3.63, 3.8) is 0 Å². The molecule has 0 saturated heterocycles. The van der Waals surface area contributed by atoms with Crippen LogP contribution in [0, 0.1) is 5.92 Å². The summed E-state index contributed by atoms with van der Waals surface area (Å²) in [5, 5.41) is 0. The monoisotopic (exact) mass is 175 g/mol. The molecule has 1 unspecified atom stereocenters. The Hall–Kier alpha value is -1.10. The van der Waals surface area contributed by atoms with Crippen LogP contribution in [0.25, 0.3) is 0 Å². The molecule has 1 amide bonds. The molecule has 5 nitrogen and oxygen atoms in total. The van der Waals surface area contributed by atoms with Crippen LogP contribution in [-0.2, 0) is 19.2 Å². The van der Waals surface area contributed by atoms with Gasteiger partial charge in [-0.1, -0.05) is 0 Å². The summed E-state index contributed by atoms with van der Waals surface area (Å²) in [6.45, 7) is 3.53. The van der Waals surface area contributed by atoms with Crippen molar-refractivity contribution < 1.29 is 19.2 Å². The Morgan fingerprint density at radius 3 is 2.50 bits per heavy atom. The molecule has 0 heterocycles. The summed E-state index contributed by atoms with van der Waals surface area (Å²) in [6.07, 6.45) is 0. The molecule has 0 radical (unpaired) electrons. The molecule has 70 valence electrons. The summed E-state index contributed by atoms with van der Waals surface area (Å²) in [5.74, 6) is -1.91. The van der Waals surface area contributed by atoms with E-state index >= 15 is 0 Å². The minimum absolute atomic E-state index is 0.361. The highest BCUT2D eigenvalue weighted by Gasteiger charge is 2.21. The summed E-state index contributed by atoms with van der Waals surface area (Å²) in [6, 6.07) is 0. The molecule has 5 heteroatoms. The van der Waals surface area contributed by atoms with Crippen molar-refractivity contribution in [3.8, 4) is 0 Å². The number of hydrogen-bond donors (Lipinski definition) is 1. The van der Waals surface area contributed by atoms with E-state index in [0.717, 1.165) is 0 Å². The van der Waals surface area contributed by atoms with Gasteiger partial charge in [0, 0.05) is 0 Å². The molecule has 0 aliphatic heterocycles. The van der Waals surface area contributed by atoms with Crippen molar-refractivity contribution in [2.45, 2.75) is 13.8 Å². The summed E-state index contributed by atoms with van der Waals surface area (Å²) >= 11 is 0. The molecule has 0 spiro atoms. The molecule has 0 aromatic carbocycles. The van der Waals surface area contributed by atoms with Gasteiger partial charge in [-0.3, -0.25) is 14.4 Å². The van der Waals surface area contributed by atoms with Crippen LogP contribution in [0.5, 0.6) is 0 Å². The lowest BCUT2D eigenvalue weighted by atomic mass is 10.2. The maximum atomic E-state index is 11.0. The van der Waals surface area contributed by atoms with Crippen molar-refractivity contribution in [3.05, 3.63) is 0 Å². The maximum Gasteiger partial charge on any atom is 0.318 e. The molecule has 0 bridgehead atoms. The van der Waals surface area contributed by atoms with E-state index < -0.39 is 17.8 Å². The standard InChI is InChI=1S/C7H13NO4/c1-4-12-8-6(9)5(2)7(10)11-3/h5H,4H2,1-3H3,(H,8,9). The smallest absolute Gasteiger partial charge is 0.318 e. The van der Waals surface area contributed by atoms with Gasteiger partial charge < -0.3 is 4.74 Å². The van der Waals surface area contributed by atoms with Gasteiger partial charge in [0.25, 0.3) is 5.91 Å². The molecular formula is C7H13NO4. The summed E-state index contributed by atoms with van der Waals surface area (Å²) in [4.78, 5) is 26.3. The van der Waals surface area contributed by atoms with Gasteiger partial charge in [-0.25, -0.2) is 5.48 Å². The number of hydrogen-bond acceptors (Lipinski definition) is 4. The van der Waals surface area contributed by atoms with Crippen molar-refractivity contribution in [1.82, 2.24) is 5.48 Å². The highest BCUT2D eigenvalue weighted by atomic mass is 16.6. The second kappa shape index (κ2) is 5.54. The highest BCUT2D eigenvalue weighted by molar-refractivity contribution is 5.96. The fourth-order valence-corrected chi connectivity index (χ4v) is 0.516. The first kappa shape index (κ1) is 10.9. The van der Waals surface area contributed by atoms with Gasteiger partial charge >= 0.3 is 5.97 Å². The molecule has 0 rings (SSSR count). The van der Waals surface area contributed by atoms with Crippen LogP contribution in [0.1, 0.15) is 13.8 Å². The van der Waals surface area contributed by atoms with E-state index in [1.165, 1.54) is 14.0 Å².